The lowest BCUT2D eigenvalue weighted by molar-refractivity contribution is 0.175. The Morgan fingerprint density at radius 3 is 2.50 bits per heavy atom. The first-order chi connectivity index (χ1) is 9.58. The van der Waals surface area contributed by atoms with Crippen molar-refractivity contribution in [2.24, 2.45) is 0 Å². The molecule has 0 heterocycles. The van der Waals surface area contributed by atoms with E-state index in [1.807, 2.05) is 24.3 Å². The molecule has 0 aliphatic rings. The summed E-state index contributed by atoms with van der Waals surface area (Å²) in [6.07, 6.45) is 0.502. The fourth-order valence-corrected chi connectivity index (χ4v) is 2.51. The molecule has 1 N–H and O–H groups in total. The minimum absolute atomic E-state index is 0.295. The average Bonchev–Trinajstić information content (AvgIpc) is 2.43. The number of aliphatic hydroxyl groups is 1. The molecule has 0 aliphatic carbocycles. The smallest absolute Gasteiger partial charge is 0.137 e. The summed E-state index contributed by atoms with van der Waals surface area (Å²) in [6, 6.07) is 12.4. The topological polar surface area (TPSA) is 29.5 Å². The molecule has 0 saturated heterocycles. The van der Waals surface area contributed by atoms with E-state index in [1.165, 1.54) is 6.07 Å². The summed E-state index contributed by atoms with van der Waals surface area (Å²) < 4.78 is 18.7. The number of hydrogen-bond donors (Lipinski definition) is 1. The molecule has 1 unspecified atom stereocenters. The SMILES string of the molecule is COc1cccc(CC(O)Cc2ccc(F)c(Br)c2)c1. The van der Waals surface area contributed by atoms with E-state index in [-0.39, 0.29) is 5.82 Å². The monoisotopic (exact) mass is 338 g/mol. The lowest BCUT2D eigenvalue weighted by Crippen LogP contribution is -2.14. The Kier molecular flexibility index (Phi) is 5.15. The van der Waals surface area contributed by atoms with E-state index in [9.17, 15) is 9.50 Å². The molecule has 0 aliphatic heterocycles. The van der Waals surface area contributed by atoms with Crippen LogP contribution in [0.25, 0.3) is 0 Å². The van der Waals surface area contributed by atoms with Crippen LogP contribution >= 0.6 is 15.9 Å². The third kappa shape index (κ3) is 4.05. The minimum Gasteiger partial charge on any atom is -0.497 e. The Balaban J connectivity index is 2.00. The van der Waals surface area contributed by atoms with Crippen LogP contribution in [-0.4, -0.2) is 18.3 Å². The maximum Gasteiger partial charge on any atom is 0.137 e. The number of benzene rings is 2. The highest BCUT2D eigenvalue weighted by Crippen LogP contribution is 2.19. The second-order valence-corrected chi connectivity index (χ2v) is 5.52. The van der Waals surface area contributed by atoms with Crippen LogP contribution in [0.3, 0.4) is 0 Å². The van der Waals surface area contributed by atoms with Crippen molar-refractivity contribution in [3.63, 3.8) is 0 Å². The van der Waals surface area contributed by atoms with Crippen LogP contribution in [0.5, 0.6) is 5.75 Å². The van der Waals surface area contributed by atoms with Crippen molar-refractivity contribution in [2.45, 2.75) is 18.9 Å². The van der Waals surface area contributed by atoms with Crippen molar-refractivity contribution in [2.75, 3.05) is 7.11 Å². The molecule has 0 saturated carbocycles. The standard InChI is InChI=1S/C16H16BrFO2/c1-20-14-4-2-3-11(9-14)7-13(19)8-12-5-6-16(18)15(17)10-12/h2-6,9-10,13,19H,7-8H2,1H3. The van der Waals surface area contributed by atoms with Crippen molar-refractivity contribution in [1.29, 1.82) is 0 Å². The molecule has 2 nitrogen and oxygen atoms in total. The number of hydrogen-bond acceptors (Lipinski definition) is 2. The van der Waals surface area contributed by atoms with Gasteiger partial charge in [-0.15, -0.1) is 0 Å². The molecule has 0 bridgehead atoms. The highest BCUT2D eigenvalue weighted by molar-refractivity contribution is 9.10. The molecule has 106 valence electrons. The molecule has 2 aromatic rings. The molecule has 0 radical (unpaired) electrons. The Bertz CT molecular complexity index is 586. The number of methoxy groups -OCH3 is 1. The summed E-state index contributed by atoms with van der Waals surface area (Å²) in [5, 5.41) is 10.1. The molecule has 4 heteroatoms. The van der Waals surface area contributed by atoms with Gasteiger partial charge in [-0.25, -0.2) is 4.39 Å². The normalized spacial score (nSPS) is 12.2. The van der Waals surface area contributed by atoms with Crippen LogP contribution in [0.1, 0.15) is 11.1 Å². The molecule has 0 spiro atoms. The van der Waals surface area contributed by atoms with Gasteiger partial charge in [0.2, 0.25) is 0 Å². The van der Waals surface area contributed by atoms with Gasteiger partial charge in [-0.2, -0.15) is 0 Å². The van der Waals surface area contributed by atoms with Crippen molar-refractivity contribution in [3.8, 4) is 5.75 Å². The predicted molar refractivity (Wildman–Crippen MR) is 80.5 cm³/mol. The fourth-order valence-electron chi connectivity index (χ4n) is 2.08. The molecule has 2 aromatic carbocycles. The first-order valence-corrected chi connectivity index (χ1v) is 7.12. The maximum atomic E-state index is 13.1. The lowest BCUT2D eigenvalue weighted by atomic mass is 10.0. The van der Waals surface area contributed by atoms with Crippen LogP contribution in [0.15, 0.2) is 46.9 Å². The van der Waals surface area contributed by atoms with Crippen LogP contribution in [-0.2, 0) is 12.8 Å². The summed E-state index contributed by atoms with van der Waals surface area (Å²) in [5.74, 6) is 0.482. The van der Waals surface area contributed by atoms with E-state index in [0.29, 0.717) is 17.3 Å². The molecule has 0 amide bonds. The Hall–Kier alpha value is -1.39. The Morgan fingerprint density at radius 1 is 1.15 bits per heavy atom. The Labute approximate surface area is 126 Å². The summed E-state index contributed by atoms with van der Waals surface area (Å²) >= 11 is 3.15. The van der Waals surface area contributed by atoms with E-state index in [2.05, 4.69) is 15.9 Å². The van der Waals surface area contributed by atoms with Crippen molar-refractivity contribution in [1.82, 2.24) is 0 Å². The molecular weight excluding hydrogens is 323 g/mol. The van der Waals surface area contributed by atoms with Crippen LogP contribution in [0, 0.1) is 5.82 Å². The lowest BCUT2D eigenvalue weighted by Gasteiger charge is -2.12. The van der Waals surface area contributed by atoms with Crippen molar-refractivity contribution >= 4 is 15.9 Å². The fraction of sp³-hybridized carbons (Fsp3) is 0.250. The van der Waals surface area contributed by atoms with E-state index in [0.717, 1.165) is 16.9 Å². The van der Waals surface area contributed by atoms with E-state index >= 15 is 0 Å². The molecule has 0 fully saturated rings. The van der Waals surface area contributed by atoms with Gasteiger partial charge in [-0.1, -0.05) is 18.2 Å². The van der Waals surface area contributed by atoms with Crippen LogP contribution in [0.2, 0.25) is 0 Å². The van der Waals surface area contributed by atoms with Gasteiger partial charge in [0.15, 0.2) is 0 Å². The van der Waals surface area contributed by atoms with Gasteiger partial charge >= 0.3 is 0 Å². The third-order valence-corrected chi connectivity index (χ3v) is 3.67. The number of ether oxygens (including phenoxy) is 1. The summed E-state index contributed by atoms with van der Waals surface area (Å²) in [7, 11) is 1.62. The quantitative estimate of drug-likeness (QED) is 0.899. The second kappa shape index (κ2) is 6.86. The number of halogens is 2. The zero-order chi connectivity index (χ0) is 14.5. The third-order valence-electron chi connectivity index (χ3n) is 3.06. The zero-order valence-corrected chi connectivity index (χ0v) is 12.7. The highest BCUT2D eigenvalue weighted by atomic mass is 79.9. The number of rotatable bonds is 5. The summed E-state index contributed by atoms with van der Waals surface area (Å²) in [5.41, 5.74) is 1.91. The number of aliphatic hydroxyl groups excluding tert-OH is 1. The van der Waals surface area contributed by atoms with Gasteiger partial charge in [0.05, 0.1) is 17.7 Å². The zero-order valence-electron chi connectivity index (χ0n) is 11.1. The van der Waals surface area contributed by atoms with Gasteiger partial charge in [0.25, 0.3) is 0 Å². The van der Waals surface area contributed by atoms with Gasteiger partial charge in [-0.05, 0) is 64.2 Å². The molecular formula is C16H16BrFO2. The molecule has 1 atom stereocenters. The first-order valence-electron chi connectivity index (χ1n) is 6.33. The second-order valence-electron chi connectivity index (χ2n) is 4.66. The highest BCUT2D eigenvalue weighted by Gasteiger charge is 2.09. The van der Waals surface area contributed by atoms with Gasteiger partial charge in [0.1, 0.15) is 11.6 Å². The molecule has 0 aromatic heterocycles. The maximum absolute atomic E-state index is 13.1. The van der Waals surface area contributed by atoms with E-state index < -0.39 is 6.10 Å². The first kappa shape index (κ1) is 15.0. The summed E-state index contributed by atoms with van der Waals surface area (Å²) in [4.78, 5) is 0. The van der Waals surface area contributed by atoms with E-state index in [4.69, 9.17) is 4.74 Å². The molecule has 2 rings (SSSR count). The molecule has 20 heavy (non-hydrogen) atoms. The van der Waals surface area contributed by atoms with Crippen LogP contribution < -0.4 is 4.74 Å². The summed E-state index contributed by atoms with van der Waals surface area (Å²) in [6.45, 7) is 0. The van der Waals surface area contributed by atoms with Crippen LogP contribution in [0.4, 0.5) is 4.39 Å². The average molecular weight is 339 g/mol. The minimum atomic E-state index is -0.514. The van der Waals surface area contributed by atoms with Gasteiger partial charge in [0, 0.05) is 0 Å². The van der Waals surface area contributed by atoms with Crippen molar-refractivity contribution < 1.29 is 14.2 Å². The van der Waals surface area contributed by atoms with Gasteiger partial charge in [-0.3, -0.25) is 0 Å². The van der Waals surface area contributed by atoms with Gasteiger partial charge < -0.3 is 9.84 Å². The predicted octanol–water partition coefficient (Wildman–Crippen LogP) is 3.74. The Morgan fingerprint density at radius 2 is 1.85 bits per heavy atom. The van der Waals surface area contributed by atoms with E-state index in [1.54, 1.807) is 19.2 Å². The largest absolute Gasteiger partial charge is 0.497 e. The van der Waals surface area contributed by atoms with Crippen molar-refractivity contribution in [3.05, 3.63) is 63.9 Å².